The Labute approximate surface area is 166 Å². The number of alkyl halides is 3. The number of benzene rings is 2. The molecule has 0 unspecified atom stereocenters. The predicted octanol–water partition coefficient (Wildman–Crippen LogP) is 3.18. The van der Waals surface area contributed by atoms with Gasteiger partial charge in [-0.2, -0.15) is 13.2 Å². The SMILES string of the molecule is O=C(COC(=O)c1cc2c(cc1[N+](=O)[O-])OCCO2)Nc1ccc(C(F)(F)F)cc1. The zero-order chi connectivity index (χ0) is 21.9. The Balaban J connectivity index is 1.65. The van der Waals surface area contributed by atoms with E-state index >= 15 is 0 Å². The van der Waals surface area contributed by atoms with Gasteiger partial charge in [0.05, 0.1) is 16.6 Å². The van der Waals surface area contributed by atoms with E-state index in [0.29, 0.717) is 0 Å². The highest BCUT2D eigenvalue weighted by molar-refractivity contribution is 5.98. The van der Waals surface area contributed by atoms with Crippen molar-refractivity contribution in [3.63, 3.8) is 0 Å². The molecule has 0 saturated carbocycles. The molecule has 1 heterocycles. The molecule has 1 N–H and O–H groups in total. The molecule has 12 heteroatoms. The number of nitro benzene ring substituents is 1. The number of anilines is 1. The number of carbonyl (C=O) groups is 2. The molecule has 0 atom stereocenters. The zero-order valence-corrected chi connectivity index (χ0v) is 15.0. The molecule has 0 fully saturated rings. The Morgan fingerprint density at radius 2 is 1.70 bits per heavy atom. The maximum atomic E-state index is 12.5. The summed E-state index contributed by atoms with van der Waals surface area (Å²) in [6.45, 7) is -0.432. The van der Waals surface area contributed by atoms with Gasteiger partial charge in [0.1, 0.15) is 18.8 Å². The van der Waals surface area contributed by atoms with Crippen LogP contribution in [0.3, 0.4) is 0 Å². The van der Waals surface area contributed by atoms with E-state index in [-0.39, 0.29) is 30.4 Å². The lowest BCUT2D eigenvalue weighted by Crippen LogP contribution is -2.22. The number of hydrogen-bond acceptors (Lipinski definition) is 7. The van der Waals surface area contributed by atoms with Crippen LogP contribution in [-0.4, -0.2) is 36.6 Å². The molecule has 0 saturated heterocycles. The van der Waals surface area contributed by atoms with Gasteiger partial charge in [0.2, 0.25) is 0 Å². The van der Waals surface area contributed by atoms with Crippen LogP contribution in [0.5, 0.6) is 11.5 Å². The van der Waals surface area contributed by atoms with Crippen molar-refractivity contribution in [1.29, 1.82) is 0 Å². The highest BCUT2D eigenvalue weighted by Gasteiger charge is 2.30. The molecule has 0 aromatic heterocycles. The number of halogens is 3. The monoisotopic (exact) mass is 426 g/mol. The van der Waals surface area contributed by atoms with Crippen LogP contribution in [0.2, 0.25) is 0 Å². The number of hydrogen-bond donors (Lipinski definition) is 1. The van der Waals surface area contributed by atoms with E-state index in [9.17, 15) is 32.9 Å². The summed E-state index contributed by atoms with van der Waals surface area (Å²) in [6.07, 6.45) is -4.52. The maximum Gasteiger partial charge on any atom is 0.416 e. The third-order valence-corrected chi connectivity index (χ3v) is 3.91. The number of amides is 1. The van der Waals surface area contributed by atoms with Crippen molar-refractivity contribution in [1.82, 2.24) is 0 Å². The van der Waals surface area contributed by atoms with Crippen LogP contribution in [0.4, 0.5) is 24.5 Å². The lowest BCUT2D eigenvalue weighted by atomic mass is 10.1. The van der Waals surface area contributed by atoms with Crippen molar-refractivity contribution >= 4 is 23.3 Å². The Hall–Kier alpha value is -3.83. The third-order valence-electron chi connectivity index (χ3n) is 3.91. The molecule has 0 spiro atoms. The molecule has 30 heavy (non-hydrogen) atoms. The average molecular weight is 426 g/mol. The molecule has 158 valence electrons. The number of ether oxygens (including phenoxy) is 3. The van der Waals surface area contributed by atoms with Gasteiger partial charge in [-0.25, -0.2) is 4.79 Å². The van der Waals surface area contributed by atoms with E-state index in [1.165, 1.54) is 0 Å². The summed E-state index contributed by atoms with van der Waals surface area (Å²) in [6, 6.07) is 5.73. The summed E-state index contributed by atoms with van der Waals surface area (Å²) >= 11 is 0. The lowest BCUT2D eigenvalue weighted by Gasteiger charge is -2.18. The number of rotatable bonds is 5. The first-order chi connectivity index (χ1) is 14.1. The first-order valence-corrected chi connectivity index (χ1v) is 8.37. The molecule has 1 amide bonds. The molecule has 0 bridgehead atoms. The highest BCUT2D eigenvalue weighted by atomic mass is 19.4. The summed E-state index contributed by atoms with van der Waals surface area (Å²) in [5.41, 5.74) is -1.87. The largest absolute Gasteiger partial charge is 0.486 e. The Morgan fingerprint density at radius 3 is 2.27 bits per heavy atom. The molecule has 1 aliphatic rings. The van der Waals surface area contributed by atoms with Crippen LogP contribution in [0.1, 0.15) is 15.9 Å². The first-order valence-electron chi connectivity index (χ1n) is 8.37. The van der Waals surface area contributed by atoms with Crippen molar-refractivity contribution in [3.8, 4) is 11.5 Å². The second-order valence-corrected chi connectivity index (χ2v) is 5.97. The van der Waals surface area contributed by atoms with Crippen LogP contribution < -0.4 is 14.8 Å². The number of nitrogens with zero attached hydrogens (tertiary/aromatic N) is 1. The Kier molecular flexibility index (Phi) is 5.76. The molecular weight excluding hydrogens is 413 g/mol. The Bertz CT molecular complexity index is 991. The molecule has 0 radical (unpaired) electrons. The van der Waals surface area contributed by atoms with E-state index in [4.69, 9.17) is 14.2 Å². The molecule has 1 aliphatic heterocycles. The second-order valence-electron chi connectivity index (χ2n) is 5.97. The van der Waals surface area contributed by atoms with Crippen LogP contribution in [0, 0.1) is 10.1 Å². The fourth-order valence-electron chi connectivity index (χ4n) is 2.54. The standard InChI is InChI=1S/C18H13F3N2O7/c19-18(20,21)10-1-3-11(4-2-10)22-16(24)9-30-17(25)12-7-14-15(29-6-5-28-14)8-13(12)23(26)27/h1-4,7-8H,5-6,9H2,(H,22,24). The summed E-state index contributed by atoms with van der Waals surface area (Å²) in [5, 5.41) is 13.5. The van der Waals surface area contributed by atoms with E-state index in [1.54, 1.807) is 0 Å². The van der Waals surface area contributed by atoms with Crippen LogP contribution in [-0.2, 0) is 15.7 Å². The molecular formula is C18H13F3N2O7. The maximum absolute atomic E-state index is 12.5. The lowest BCUT2D eigenvalue weighted by molar-refractivity contribution is -0.385. The van der Waals surface area contributed by atoms with Crippen molar-refractivity contribution in [2.75, 3.05) is 25.1 Å². The van der Waals surface area contributed by atoms with Gasteiger partial charge in [-0.15, -0.1) is 0 Å². The molecule has 2 aromatic rings. The van der Waals surface area contributed by atoms with Gasteiger partial charge in [-0.05, 0) is 24.3 Å². The van der Waals surface area contributed by atoms with E-state index in [2.05, 4.69) is 5.32 Å². The predicted molar refractivity (Wildman–Crippen MR) is 94.4 cm³/mol. The fourth-order valence-corrected chi connectivity index (χ4v) is 2.54. The van der Waals surface area contributed by atoms with Gasteiger partial charge in [0, 0.05) is 11.8 Å². The minimum atomic E-state index is -4.52. The van der Waals surface area contributed by atoms with Gasteiger partial charge >= 0.3 is 12.1 Å². The number of fused-ring (bicyclic) bond motifs is 1. The summed E-state index contributed by atoms with van der Waals surface area (Å²) in [5.74, 6) is -1.78. The zero-order valence-electron chi connectivity index (χ0n) is 15.0. The van der Waals surface area contributed by atoms with Crippen molar-refractivity contribution in [3.05, 3.63) is 57.6 Å². The molecule has 2 aromatic carbocycles. The number of nitro groups is 1. The second kappa shape index (κ2) is 8.27. The van der Waals surface area contributed by atoms with Gasteiger partial charge in [0.15, 0.2) is 18.1 Å². The van der Waals surface area contributed by atoms with Crippen molar-refractivity contribution < 1.29 is 41.9 Å². The topological polar surface area (TPSA) is 117 Å². The summed E-state index contributed by atoms with van der Waals surface area (Å²) in [7, 11) is 0. The minimum Gasteiger partial charge on any atom is -0.486 e. The molecule has 9 nitrogen and oxygen atoms in total. The van der Waals surface area contributed by atoms with Gasteiger partial charge in [-0.3, -0.25) is 14.9 Å². The number of carbonyl (C=O) groups excluding carboxylic acids is 2. The molecule has 0 aliphatic carbocycles. The van der Waals surface area contributed by atoms with E-state index in [0.717, 1.165) is 36.4 Å². The smallest absolute Gasteiger partial charge is 0.416 e. The van der Waals surface area contributed by atoms with E-state index in [1.807, 2.05) is 0 Å². The van der Waals surface area contributed by atoms with Crippen molar-refractivity contribution in [2.24, 2.45) is 0 Å². The van der Waals surface area contributed by atoms with Gasteiger partial charge in [0.25, 0.3) is 11.6 Å². The van der Waals surface area contributed by atoms with Crippen LogP contribution in [0.15, 0.2) is 36.4 Å². The number of esters is 1. The fraction of sp³-hybridized carbons (Fsp3) is 0.222. The van der Waals surface area contributed by atoms with Gasteiger partial charge in [-0.1, -0.05) is 0 Å². The molecule has 3 rings (SSSR count). The van der Waals surface area contributed by atoms with Crippen molar-refractivity contribution in [2.45, 2.75) is 6.18 Å². The average Bonchev–Trinajstić information content (AvgIpc) is 2.70. The minimum absolute atomic E-state index is 0.0503. The summed E-state index contributed by atoms with van der Waals surface area (Å²) in [4.78, 5) is 34.6. The first kappa shape index (κ1) is 20.9. The van der Waals surface area contributed by atoms with Gasteiger partial charge < -0.3 is 19.5 Å². The third kappa shape index (κ3) is 4.77. The highest BCUT2D eigenvalue weighted by Crippen LogP contribution is 2.37. The summed E-state index contributed by atoms with van der Waals surface area (Å²) < 4.78 is 52.9. The number of nitrogens with one attached hydrogen (secondary N) is 1. The quantitative estimate of drug-likeness (QED) is 0.443. The Morgan fingerprint density at radius 1 is 1.10 bits per heavy atom. The van der Waals surface area contributed by atoms with Crippen LogP contribution in [0.25, 0.3) is 0 Å². The van der Waals surface area contributed by atoms with E-state index < -0.39 is 46.4 Å². The van der Waals surface area contributed by atoms with Crippen LogP contribution >= 0.6 is 0 Å². The normalized spacial score (nSPS) is 12.8.